The fourth-order valence-electron chi connectivity index (χ4n) is 4.71. The number of primary amides is 1. The van der Waals surface area contributed by atoms with Gasteiger partial charge in [-0.3, -0.25) is 18.4 Å². The number of phosphoric acid groups is 2. The first kappa shape index (κ1) is 33.2. The molecule has 2 saturated heterocycles. The number of nitrogen functional groups attached to an aromatic ring is 2. The van der Waals surface area contributed by atoms with E-state index in [1.54, 1.807) is 0 Å². The second kappa shape index (κ2) is 12.5. The first-order valence-corrected chi connectivity index (χ1v) is 15.9. The first-order valence-electron chi connectivity index (χ1n) is 12.9. The van der Waals surface area contributed by atoms with Crippen LogP contribution in [0.25, 0.3) is 11.2 Å². The van der Waals surface area contributed by atoms with Gasteiger partial charge < -0.3 is 57.5 Å². The summed E-state index contributed by atoms with van der Waals surface area (Å²) in [7, 11) is -10.7. The molecule has 1 amide bonds. The number of carbonyl (C=O) groups excluding carboxylic acids is 1. The van der Waals surface area contributed by atoms with E-state index in [0.717, 1.165) is 0 Å². The molecule has 3 aromatic rings. The highest BCUT2D eigenvalue weighted by Crippen LogP contribution is 2.60. The van der Waals surface area contributed by atoms with Crippen molar-refractivity contribution in [3.05, 3.63) is 36.4 Å². The number of fused-ring (bicyclic) bond motifs is 1. The van der Waals surface area contributed by atoms with E-state index in [0.29, 0.717) is 0 Å². The fourth-order valence-corrected chi connectivity index (χ4v) is 6.80. The molecule has 0 aromatic carbocycles. The van der Waals surface area contributed by atoms with Crippen molar-refractivity contribution >= 4 is 44.5 Å². The molecule has 3 aromatic heterocycles. The van der Waals surface area contributed by atoms with Crippen molar-refractivity contribution in [2.45, 2.75) is 49.0 Å². The van der Waals surface area contributed by atoms with E-state index < -0.39 is 83.8 Å². The number of hydrogen-bond donors (Lipinski definition) is 9. The van der Waals surface area contributed by atoms with Crippen LogP contribution in [-0.2, 0) is 32.0 Å². The maximum absolute atomic E-state index is 12.5. The molecule has 10 unspecified atom stereocenters. The lowest BCUT2D eigenvalue weighted by molar-refractivity contribution is -0.765. The molecular formula is C21H30N9O13P2+. The van der Waals surface area contributed by atoms with Crippen LogP contribution in [0.2, 0.25) is 0 Å². The fraction of sp³-hybridized carbons (Fsp3) is 0.476. The summed E-state index contributed by atoms with van der Waals surface area (Å²) in [6.45, 7) is -1.69. The minimum absolute atomic E-state index is 0.0270. The third kappa shape index (κ3) is 6.98. The Hall–Kier alpha value is -3.21. The van der Waals surface area contributed by atoms with Crippen molar-refractivity contribution in [1.82, 2.24) is 19.5 Å². The third-order valence-corrected chi connectivity index (χ3v) is 9.52. The molecule has 13 N–H and O–H groups in total. The van der Waals surface area contributed by atoms with Crippen LogP contribution in [0.3, 0.4) is 0 Å². The first-order chi connectivity index (χ1) is 21.1. The minimum atomic E-state index is -5.35. The number of hydrogen-bond acceptors (Lipinski definition) is 17. The molecule has 2 aliphatic heterocycles. The number of imidazole rings is 1. The number of aliphatic hydroxyl groups is 3. The number of pyridine rings is 1. The summed E-state index contributed by atoms with van der Waals surface area (Å²) in [6, 6.07) is 1.65. The SMILES string of the molecule is NC(=O)c1ccc[n+](C2OC(COP(=O)(O)OP(=O)(O)OCC3OC(n4cnc5c(N)nc(N)nc54)C(O)C3N)C(O)C2O)c1. The zero-order chi connectivity index (χ0) is 32.8. The number of nitrogens with zero attached hydrogens (tertiary/aromatic N) is 5. The van der Waals surface area contributed by atoms with Crippen LogP contribution in [0.15, 0.2) is 30.9 Å². The van der Waals surface area contributed by atoms with E-state index in [1.165, 1.54) is 40.0 Å². The average Bonchev–Trinajstić information content (AvgIpc) is 3.60. The number of aromatic nitrogens is 5. The van der Waals surface area contributed by atoms with Gasteiger partial charge in [-0.25, -0.2) is 14.1 Å². The summed E-state index contributed by atoms with van der Waals surface area (Å²) in [6.07, 6.45) is -5.86. The predicted octanol–water partition coefficient (Wildman–Crippen LogP) is -3.47. The molecule has 10 atom stereocenters. The van der Waals surface area contributed by atoms with E-state index in [4.69, 9.17) is 41.5 Å². The lowest BCUT2D eigenvalue weighted by Crippen LogP contribution is -2.46. The number of rotatable bonds is 11. The van der Waals surface area contributed by atoms with Gasteiger partial charge in [0.25, 0.3) is 12.1 Å². The Morgan fingerprint density at radius 1 is 1.02 bits per heavy atom. The molecule has 2 aliphatic rings. The van der Waals surface area contributed by atoms with Gasteiger partial charge in [0, 0.05) is 6.07 Å². The molecular weight excluding hydrogens is 648 g/mol. The van der Waals surface area contributed by atoms with Gasteiger partial charge in [-0.15, -0.1) is 0 Å². The van der Waals surface area contributed by atoms with Crippen LogP contribution in [-0.4, -0.2) is 100 Å². The van der Waals surface area contributed by atoms with Crippen LogP contribution in [0.4, 0.5) is 11.8 Å². The van der Waals surface area contributed by atoms with Gasteiger partial charge in [0.2, 0.25) is 5.95 Å². The highest BCUT2D eigenvalue weighted by atomic mass is 31.3. The van der Waals surface area contributed by atoms with Crippen LogP contribution in [0.1, 0.15) is 22.8 Å². The standard InChI is InChI=1S/C21H29N9O13P2/c22-11-9(41-20(14(11)32)30-7-26-12-16(23)27-21(25)28-18(12)30)5-39-44(35,36)43-45(37,38)40-6-10-13(31)15(33)19(42-10)29-3-1-2-8(4-29)17(24)34/h1-4,7,9-11,13-15,19-20,31-33H,5-6,22H2,(H7-,23,24,25,27,28,34,35,36,37,38)/p+1. The number of amides is 1. The van der Waals surface area contributed by atoms with Crippen molar-refractivity contribution in [3.8, 4) is 0 Å². The van der Waals surface area contributed by atoms with Gasteiger partial charge in [-0.1, -0.05) is 0 Å². The Morgan fingerprint density at radius 3 is 2.36 bits per heavy atom. The molecule has 0 saturated carbocycles. The van der Waals surface area contributed by atoms with Crippen molar-refractivity contribution < 1.29 is 66.4 Å². The van der Waals surface area contributed by atoms with Gasteiger partial charge in [0.15, 0.2) is 36.2 Å². The van der Waals surface area contributed by atoms with E-state index in [9.17, 15) is 39.0 Å². The highest BCUT2D eigenvalue weighted by molar-refractivity contribution is 7.61. The molecule has 5 heterocycles. The van der Waals surface area contributed by atoms with E-state index >= 15 is 0 Å². The Balaban J connectivity index is 1.17. The Bertz CT molecular complexity index is 1680. The predicted molar refractivity (Wildman–Crippen MR) is 146 cm³/mol. The van der Waals surface area contributed by atoms with Crippen LogP contribution in [0.5, 0.6) is 0 Å². The normalized spacial score (nSPS) is 31.2. The zero-order valence-corrected chi connectivity index (χ0v) is 24.7. The number of nitrogens with two attached hydrogens (primary N) is 4. The lowest BCUT2D eigenvalue weighted by atomic mass is 10.1. The van der Waals surface area contributed by atoms with E-state index in [-0.39, 0.29) is 28.5 Å². The number of anilines is 2. The monoisotopic (exact) mass is 678 g/mol. The van der Waals surface area contributed by atoms with Gasteiger partial charge in [0.05, 0.1) is 25.6 Å². The van der Waals surface area contributed by atoms with Crippen molar-refractivity contribution in [2.75, 3.05) is 24.7 Å². The molecule has 246 valence electrons. The quantitative estimate of drug-likeness (QED) is 0.0702. The number of aliphatic hydroxyl groups excluding tert-OH is 3. The second-order valence-electron chi connectivity index (χ2n) is 9.98. The van der Waals surface area contributed by atoms with Crippen molar-refractivity contribution in [3.63, 3.8) is 0 Å². The topological polar surface area (TPSA) is 350 Å². The lowest BCUT2D eigenvalue weighted by Gasteiger charge is -2.20. The van der Waals surface area contributed by atoms with Crippen LogP contribution in [0, 0.1) is 0 Å². The summed E-state index contributed by atoms with van der Waals surface area (Å²) in [5.74, 6) is -0.964. The van der Waals surface area contributed by atoms with Gasteiger partial charge in [-0.2, -0.15) is 18.8 Å². The Kier molecular flexibility index (Phi) is 9.23. The molecule has 24 heteroatoms. The third-order valence-electron chi connectivity index (χ3n) is 6.92. The van der Waals surface area contributed by atoms with Crippen LogP contribution < -0.4 is 27.5 Å². The van der Waals surface area contributed by atoms with E-state index in [1.807, 2.05) is 0 Å². The maximum atomic E-state index is 12.5. The second-order valence-corrected chi connectivity index (χ2v) is 13.0. The van der Waals surface area contributed by atoms with Gasteiger partial charge in [-0.05, 0) is 6.07 Å². The zero-order valence-electron chi connectivity index (χ0n) is 22.9. The minimum Gasteiger partial charge on any atom is -0.387 e. The molecule has 22 nitrogen and oxygen atoms in total. The molecule has 45 heavy (non-hydrogen) atoms. The maximum Gasteiger partial charge on any atom is 0.481 e. The van der Waals surface area contributed by atoms with Gasteiger partial charge in [0.1, 0.15) is 35.5 Å². The molecule has 0 spiro atoms. The summed E-state index contributed by atoms with van der Waals surface area (Å²) in [5.41, 5.74) is 23.0. The molecule has 2 fully saturated rings. The number of phosphoric ester groups is 2. The number of ether oxygens (including phenoxy) is 2. The summed E-state index contributed by atoms with van der Waals surface area (Å²) < 4.78 is 52.4. The van der Waals surface area contributed by atoms with Crippen molar-refractivity contribution in [2.24, 2.45) is 11.5 Å². The summed E-state index contributed by atoms with van der Waals surface area (Å²) in [4.78, 5) is 43.5. The molecule has 0 radical (unpaired) electrons. The largest absolute Gasteiger partial charge is 0.481 e. The van der Waals surface area contributed by atoms with Crippen molar-refractivity contribution in [1.29, 1.82) is 0 Å². The summed E-state index contributed by atoms with van der Waals surface area (Å²) in [5, 5.41) is 31.4. The molecule has 5 rings (SSSR count). The molecule has 0 bridgehead atoms. The van der Waals surface area contributed by atoms with E-state index in [2.05, 4.69) is 19.3 Å². The smallest absolute Gasteiger partial charge is 0.387 e. The van der Waals surface area contributed by atoms with Gasteiger partial charge >= 0.3 is 15.6 Å². The highest BCUT2D eigenvalue weighted by Gasteiger charge is 2.50. The Morgan fingerprint density at radius 2 is 1.69 bits per heavy atom. The molecule has 0 aliphatic carbocycles. The average molecular weight is 678 g/mol. The Labute approximate surface area is 252 Å². The number of carbonyl (C=O) groups is 1. The van der Waals surface area contributed by atoms with Crippen LogP contribution >= 0.6 is 15.6 Å². The summed E-state index contributed by atoms with van der Waals surface area (Å²) >= 11 is 0.